The minimum atomic E-state index is -0.534. The zero-order valence-corrected chi connectivity index (χ0v) is 16.3. The van der Waals surface area contributed by atoms with Crippen LogP contribution >= 0.6 is 11.8 Å². The molecular formula is C20H26N2O4S. The summed E-state index contributed by atoms with van der Waals surface area (Å²) in [6, 6.07) is 7.25. The number of carbonyl (C=O) groups excluding carboxylic acids is 3. The Labute approximate surface area is 164 Å². The highest BCUT2D eigenvalue weighted by molar-refractivity contribution is 8.00. The van der Waals surface area contributed by atoms with E-state index in [1.54, 1.807) is 18.2 Å². The van der Waals surface area contributed by atoms with Gasteiger partial charge in [-0.25, -0.2) is 4.79 Å². The first-order valence-corrected chi connectivity index (χ1v) is 10.6. The van der Waals surface area contributed by atoms with Crippen molar-refractivity contribution in [3.05, 3.63) is 29.8 Å². The molecule has 1 heterocycles. The van der Waals surface area contributed by atoms with Crippen molar-refractivity contribution in [2.24, 2.45) is 0 Å². The second-order valence-corrected chi connectivity index (χ2v) is 8.01. The Morgan fingerprint density at radius 2 is 1.78 bits per heavy atom. The fourth-order valence-electron chi connectivity index (χ4n) is 3.51. The van der Waals surface area contributed by atoms with Crippen LogP contribution < -0.4 is 5.32 Å². The highest BCUT2D eigenvalue weighted by Gasteiger charge is 2.21. The third-order valence-corrected chi connectivity index (χ3v) is 6.03. The lowest BCUT2D eigenvalue weighted by Crippen LogP contribution is -2.35. The van der Waals surface area contributed by atoms with Gasteiger partial charge in [-0.2, -0.15) is 0 Å². The molecule has 0 atom stereocenters. The van der Waals surface area contributed by atoms with Gasteiger partial charge in [-0.1, -0.05) is 25.0 Å². The van der Waals surface area contributed by atoms with E-state index in [1.807, 2.05) is 11.0 Å². The molecule has 146 valence electrons. The maximum Gasteiger partial charge on any atom is 0.339 e. The summed E-state index contributed by atoms with van der Waals surface area (Å²) in [6.45, 7) is 1.36. The summed E-state index contributed by atoms with van der Waals surface area (Å²) in [4.78, 5) is 39.1. The van der Waals surface area contributed by atoms with Gasteiger partial charge < -0.3 is 15.0 Å². The highest BCUT2D eigenvalue weighted by Crippen LogP contribution is 2.24. The molecule has 0 radical (unpaired) electrons. The van der Waals surface area contributed by atoms with Crippen LogP contribution in [0.15, 0.2) is 29.2 Å². The van der Waals surface area contributed by atoms with Crippen molar-refractivity contribution in [3.8, 4) is 0 Å². The number of benzene rings is 1. The topological polar surface area (TPSA) is 75.7 Å². The molecule has 0 aromatic heterocycles. The SMILES string of the molecule is O=C(COC(=O)c1ccccc1SCC(=O)N1CCCC1)NC1CCCC1. The third-order valence-electron chi connectivity index (χ3n) is 4.97. The molecular weight excluding hydrogens is 364 g/mol. The van der Waals surface area contributed by atoms with Crippen LogP contribution in [-0.4, -0.2) is 54.2 Å². The van der Waals surface area contributed by atoms with E-state index in [9.17, 15) is 14.4 Å². The summed E-state index contributed by atoms with van der Waals surface area (Å²) < 4.78 is 5.19. The highest BCUT2D eigenvalue weighted by atomic mass is 32.2. The zero-order chi connectivity index (χ0) is 19.1. The molecule has 1 saturated carbocycles. The number of ether oxygens (including phenoxy) is 1. The van der Waals surface area contributed by atoms with Gasteiger partial charge >= 0.3 is 5.97 Å². The average molecular weight is 391 g/mol. The maximum absolute atomic E-state index is 12.4. The number of hydrogen-bond acceptors (Lipinski definition) is 5. The molecule has 0 unspecified atom stereocenters. The number of likely N-dealkylation sites (tertiary alicyclic amines) is 1. The van der Waals surface area contributed by atoms with Crippen LogP contribution in [0.5, 0.6) is 0 Å². The Morgan fingerprint density at radius 3 is 2.52 bits per heavy atom. The average Bonchev–Trinajstić information content (AvgIpc) is 3.38. The first-order chi connectivity index (χ1) is 13.1. The second-order valence-electron chi connectivity index (χ2n) is 7.00. The number of hydrogen-bond donors (Lipinski definition) is 1. The van der Waals surface area contributed by atoms with Crippen molar-refractivity contribution in [2.45, 2.75) is 49.5 Å². The molecule has 2 fully saturated rings. The minimum Gasteiger partial charge on any atom is -0.452 e. The lowest BCUT2D eigenvalue weighted by atomic mass is 10.2. The van der Waals surface area contributed by atoms with Crippen LogP contribution in [0.3, 0.4) is 0 Å². The second kappa shape index (κ2) is 9.78. The number of nitrogens with one attached hydrogen (secondary N) is 1. The van der Waals surface area contributed by atoms with Gasteiger partial charge in [0.25, 0.3) is 5.91 Å². The standard InChI is InChI=1S/C20H26N2O4S/c23-18(21-15-7-1-2-8-15)13-26-20(25)16-9-3-4-10-17(16)27-14-19(24)22-11-5-6-12-22/h3-4,9-10,15H,1-2,5-8,11-14H2,(H,21,23). The van der Waals surface area contributed by atoms with Gasteiger partial charge in [0.2, 0.25) is 5.91 Å². The summed E-state index contributed by atoms with van der Waals surface area (Å²) in [5.41, 5.74) is 0.394. The molecule has 6 nitrogen and oxygen atoms in total. The van der Waals surface area contributed by atoms with Gasteiger partial charge in [-0.15, -0.1) is 11.8 Å². The van der Waals surface area contributed by atoms with E-state index in [0.29, 0.717) is 16.2 Å². The Morgan fingerprint density at radius 1 is 1.07 bits per heavy atom. The molecule has 0 spiro atoms. The smallest absolute Gasteiger partial charge is 0.339 e. The third kappa shape index (κ3) is 5.73. The van der Waals surface area contributed by atoms with Crippen molar-refractivity contribution >= 4 is 29.5 Å². The van der Waals surface area contributed by atoms with E-state index in [-0.39, 0.29) is 24.5 Å². The number of rotatable bonds is 7. The number of carbonyl (C=O) groups is 3. The van der Waals surface area contributed by atoms with Gasteiger partial charge in [0.1, 0.15) is 0 Å². The normalized spacial score (nSPS) is 17.1. The maximum atomic E-state index is 12.4. The molecule has 1 saturated heterocycles. The lowest BCUT2D eigenvalue weighted by molar-refractivity contribution is -0.127. The molecule has 7 heteroatoms. The van der Waals surface area contributed by atoms with Gasteiger partial charge in [-0.3, -0.25) is 9.59 Å². The van der Waals surface area contributed by atoms with Crippen molar-refractivity contribution in [3.63, 3.8) is 0 Å². The summed E-state index contributed by atoms with van der Waals surface area (Å²) in [7, 11) is 0. The molecule has 3 rings (SSSR count). The van der Waals surface area contributed by atoms with Crippen LogP contribution in [0.1, 0.15) is 48.9 Å². The summed E-state index contributed by atoms with van der Waals surface area (Å²) in [6.07, 6.45) is 6.36. The molecule has 1 aromatic carbocycles. The van der Waals surface area contributed by atoms with E-state index >= 15 is 0 Å². The molecule has 1 aliphatic heterocycles. The first-order valence-electron chi connectivity index (χ1n) is 9.59. The van der Waals surface area contributed by atoms with Gasteiger partial charge in [-0.05, 0) is 37.8 Å². The molecule has 1 N–H and O–H groups in total. The summed E-state index contributed by atoms with van der Waals surface area (Å²) >= 11 is 1.34. The van der Waals surface area contributed by atoms with Crippen LogP contribution in [-0.2, 0) is 14.3 Å². The van der Waals surface area contributed by atoms with Crippen molar-refractivity contribution in [1.29, 1.82) is 0 Å². The minimum absolute atomic E-state index is 0.0941. The Kier molecular flexibility index (Phi) is 7.15. The lowest BCUT2D eigenvalue weighted by Gasteiger charge is -2.15. The first kappa shape index (κ1) is 19.7. The van der Waals surface area contributed by atoms with E-state index in [4.69, 9.17) is 4.74 Å². The van der Waals surface area contributed by atoms with E-state index < -0.39 is 5.97 Å². The number of thioether (sulfide) groups is 1. The zero-order valence-electron chi connectivity index (χ0n) is 15.4. The van der Waals surface area contributed by atoms with Crippen LogP contribution in [0, 0.1) is 0 Å². The van der Waals surface area contributed by atoms with Crippen LogP contribution in [0.25, 0.3) is 0 Å². The monoisotopic (exact) mass is 390 g/mol. The van der Waals surface area contributed by atoms with Crippen molar-refractivity contribution in [2.75, 3.05) is 25.4 Å². The van der Waals surface area contributed by atoms with Gasteiger partial charge in [0.15, 0.2) is 6.61 Å². The van der Waals surface area contributed by atoms with E-state index in [0.717, 1.165) is 51.6 Å². The van der Waals surface area contributed by atoms with Crippen molar-refractivity contribution in [1.82, 2.24) is 10.2 Å². The predicted octanol–water partition coefficient (Wildman–Crippen LogP) is 2.62. The van der Waals surface area contributed by atoms with Crippen LogP contribution in [0.4, 0.5) is 0 Å². The largest absolute Gasteiger partial charge is 0.452 e. The van der Waals surface area contributed by atoms with Gasteiger partial charge in [0.05, 0.1) is 11.3 Å². The molecule has 2 amide bonds. The number of esters is 1. The quantitative estimate of drug-likeness (QED) is 0.572. The summed E-state index contributed by atoms with van der Waals surface area (Å²) in [5.74, 6) is -0.401. The van der Waals surface area contributed by atoms with Gasteiger partial charge in [0, 0.05) is 24.0 Å². The Hall–Kier alpha value is -2.02. The number of amides is 2. The fraction of sp³-hybridized carbons (Fsp3) is 0.550. The van der Waals surface area contributed by atoms with Crippen LogP contribution in [0.2, 0.25) is 0 Å². The fourth-order valence-corrected chi connectivity index (χ4v) is 4.45. The van der Waals surface area contributed by atoms with Crippen molar-refractivity contribution < 1.29 is 19.1 Å². The number of nitrogens with zero attached hydrogens (tertiary/aromatic N) is 1. The molecule has 1 aliphatic carbocycles. The van der Waals surface area contributed by atoms with E-state index in [2.05, 4.69) is 5.32 Å². The molecule has 0 bridgehead atoms. The Balaban J connectivity index is 1.50. The molecule has 27 heavy (non-hydrogen) atoms. The Bertz CT molecular complexity index is 682. The summed E-state index contributed by atoms with van der Waals surface area (Å²) in [5, 5.41) is 2.90. The molecule has 2 aliphatic rings. The molecule has 1 aromatic rings. The predicted molar refractivity (Wildman–Crippen MR) is 104 cm³/mol. The van der Waals surface area contributed by atoms with E-state index in [1.165, 1.54) is 11.8 Å².